The predicted molar refractivity (Wildman–Crippen MR) is 63.1 cm³/mol. The molecule has 1 unspecified atom stereocenters. The number of imidazole rings is 1. The quantitative estimate of drug-likeness (QED) is 0.734. The summed E-state index contributed by atoms with van der Waals surface area (Å²) in [6.07, 6.45) is 6.73. The minimum Gasteiger partial charge on any atom is -0.389 e. The second kappa shape index (κ2) is 3.81. The number of allylic oxidation sites excluding steroid dienone is 1. The number of aliphatic hydroxyl groups excluding tert-OH is 1. The molecule has 0 spiro atoms. The fourth-order valence-corrected chi connectivity index (χ4v) is 1.93. The molecule has 2 aromatic rings. The lowest BCUT2D eigenvalue weighted by Gasteiger charge is -2.24. The highest BCUT2D eigenvalue weighted by Crippen LogP contribution is 2.26. The molecule has 88 valence electrons. The number of fused-ring (bicyclic) bond motifs is 1. The summed E-state index contributed by atoms with van der Waals surface area (Å²) < 4.78 is 1.89. The van der Waals surface area contributed by atoms with Crippen LogP contribution in [0.3, 0.4) is 0 Å². The summed E-state index contributed by atoms with van der Waals surface area (Å²) in [5.41, 5.74) is 8.14. The summed E-state index contributed by atoms with van der Waals surface area (Å²) >= 11 is 0. The molecule has 0 amide bonds. The van der Waals surface area contributed by atoms with Crippen molar-refractivity contribution in [1.29, 1.82) is 0 Å². The molecule has 0 radical (unpaired) electrons. The monoisotopic (exact) mass is 231 g/mol. The molecule has 17 heavy (non-hydrogen) atoms. The van der Waals surface area contributed by atoms with E-state index in [2.05, 4.69) is 15.0 Å². The van der Waals surface area contributed by atoms with E-state index in [4.69, 9.17) is 5.73 Å². The Morgan fingerprint density at radius 1 is 1.47 bits per heavy atom. The van der Waals surface area contributed by atoms with Crippen LogP contribution in [0.1, 0.15) is 12.8 Å². The zero-order chi connectivity index (χ0) is 11.8. The summed E-state index contributed by atoms with van der Waals surface area (Å²) in [5.74, 6) is 0.394. The first-order chi connectivity index (χ1) is 8.25. The van der Waals surface area contributed by atoms with E-state index >= 15 is 0 Å². The van der Waals surface area contributed by atoms with Crippen LogP contribution in [0.15, 0.2) is 24.3 Å². The third-order valence-corrected chi connectivity index (χ3v) is 3.11. The van der Waals surface area contributed by atoms with Gasteiger partial charge in [0.15, 0.2) is 11.5 Å². The van der Waals surface area contributed by atoms with Crippen LogP contribution in [-0.2, 0) is 6.54 Å². The van der Waals surface area contributed by atoms with Crippen LogP contribution in [0.4, 0.5) is 5.82 Å². The lowest BCUT2D eigenvalue weighted by Crippen LogP contribution is -2.21. The SMILES string of the molecule is Nc1ncnc2c1ncn2C/C=C1\CCC1O. The lowest BCUT2D eigenvalue weighted by atomic mass is 9.88. The number of rotatable bonds is 2. The van der Waals surface area contributed by atoms with Crippen molar-refractivity contribution in [2.75, 3.05) is 5.73 Å². The van der Waals surface area contributed by atoms with E-state index < -0.39 is 0 Å². The normalized spacial score (nSPS) is 21.9. The van der Waals surface area contributed by atoms with Crippen LogP contribution in [0, 0.1) is 0 Å². The Bertz CT molecular complexity index is 589. The van der Waals surface area contributed by atoms with Crippen molar-refractivity contribution in [3.63, 3.8) is 0 Å². The standard InChI is InChI=1S/C11H13N5O/c12-10-9-11(14-5-13-10)16(6-15-9)4-3-7-1-2-8(7)17/h3,5-6,8,17H,1-2,4H2,(H2,12,13,14)/b7-3+. The van der Waals surface area contributed by atoms with Gasteiger partial charge < -0.3 is 15.4 Å². The van der Waals surface area contributed by atoms with Crippen LogP contribution in [0.2, 0.25) is 0 Å². The molecule has 2 aromatic heterocycles. The lowest BCUT2D eigenvalue weighted by molar-refractivity contribution is 0.156. The first-order valence-corrected chi connectivity index (χ1v) is 5.54. The maximum Gasteiger partial charge on any atom is 0.165 e. The number of aliphatic hydroxyl groups is 1. The van der Waals surface area contributed by atoms with Crippen LogP contribution < -0.4 is 5.73 Å². The minimum atomic E-state index is -0.260. The third-order valence-electron chi connectivity index (χ3n) is 3.11. The average Bonchev–Trinajstić information content (AvgIpc) is 2.72. The Morgan fingerprint density at radius 3 is 3.06 bits per heavy atom. The Labute approximate surface area is 97.8 Å². The first kappa shape index (κ1) is 10.2. The van der Waals surface area contributed by atoms with Gasteiger partial charge in [-0.2, -0.15) is 0 Å². The van der Waals surface area contributed by atoms with Crippen LogP contribution in [0.5, 0.6) is 0 Å². The number of nitrogens with zero attached hydrogens (tertiary/aromatic N) is 4. The number of anilines is 1. The van der Waals surface area contributed by atoms with E-state index in [0.29, 0.717) is 17.9 Å². The molecule has 3 N–H and O–H groups in total. The summed E-state index contributed by atoms with van der Waals surface area (Å²) in [4.78, 5) is 12.2. The Balaban J connectivity index is 1.91. The first-order valence-electron chi connectivity index (χ1n) is 5.54. The molecule has 2 heterocycles. The van der Waals surface area contributed by atoms with Crippen molar-refractivity contribution in [3.8, 4) is 0 Å². The molecule has 1 aliphatic rings. The smallest absolute Gasteiger partial charge is 0.165 e. The average molecular weight is 231 g/mol. The molecule has 1 atom stereocenters. The highest BCUT2D eigenvalue weighted by molar-refractivity contribution is 5.81. The van der Waals surface area contributed by atoms with Crippen molar-refractivity contribution in [1.82, 2.24) is 19.5 Å². The molecule has 3 rings (SSSR count). The zero-order valence-corrected chi connectivity index (χ0v) is 9.24. The maximum atomic E-state index is 9.45. The van der Waals surface area contributed by atoms with Gasteiger partial charge in [-0.15, -0.1) is 0 Å². The maximum absolute atomic E-state index is 9.45. The van der Waals surface area contributed by atoms with Gasteiger partial charge in [-0.05, 0) is 18.4 Å². The Hall–Kier alpha value is -1.95. The van der Waals surface area contributed by atoms with Gasteiger partial charge in [-0.25, -0.2) is 15.0 Å². The summed E-state index contributed by atoms with van der Waals surface area (Å²) in [5, 5.41) is 9.45. The van der Waals surface area contributed by atoms with E-state index in [1.165, 1.54) is 6.33 Å². The second-order valence-electron chi connectivity index (χ2n) is 4.16. The van der Waals surface area contributed by atoms with Gasteiger partial charge >= 0.3 is 0 Å². The van der Waals surface area contributed by atoms with Gasteiger partial charge in [0.05, 0.1) is 12.4 Å². The highest BCUT2D eigenvalue weighted by Gasteiger charge is 2.20. The van der Waals surface area contributed by atoms with E-state index in [0.717, 1.165) is 24.1 Å². The van der Waals surface area contributed by atoms with Crippen molar-refractivity contribution in [2.45, 2.75) is 25.5 Å². The fourth-order valence-electron chi connectivity index (χ4n) is 1.93. The number of hydrogen-bond acceptors (Lipinski definition) is 5. The molecular weight excluding hydrogens is 218 g/mol. The van der Waals surface area contributed by atoms with E-state index in [1.54, 1.807) is 6.33 Å². The largest absolute Gasteiger partial charge is 0.389 e. The van der Waals surface area contributed by atoms with Gasteiger partial charge in [0.1, 0.15) is 11.8 Å². The van der Waals surface area contributed by atoms with Crippen LogP contribution in [-0.4, -0.2) is 30.7 Å². The molecule has 1 aliphatic carbocycles. The predicted octanol–water partition coefficient (Wildman–Crippen LogP) is 0.490. The van der Waals surface area contributed by atoms with Crippen molar-refractivity contribution in [2.24, 2.45) is 0 Å². The number of nitrogens with two attached hydrogens (primary N) is 1. The zero-order valence-electron chi connectivity index (χ0n) is 9.24. The summed E-state index contributed by atoms with van der Waals surface area (Å²) in [7, 11) is 0. The molecule has 6 heteroatoms. The molecule has 0 aliphatic heterocycles. The fraction of sp³-hybridized carbons (Fsp3) is 0.364. The van der Waals surface area contributed by atoms with Crippen molar-refractivity contribution in [3.05, 3.63) is 24.3 Å². The molecule has 0 aromatic carbocycles. The van der Waals surface area contributed by atoms with Gasteiger partial charge in [-0.3, -0.25) is 0 Å². The van der Waals surface area contributed by atoms with Crippen molar-refractivity contribution >= 4 is 17.0 Å². The summed E-state index contributed by atoms with van der Waals surface area (Å²) in [6.45, 7) is 0.652. The molecule has 0 bridgehead atoms. The molecule has 1 saturated carbocycles. The van der Waals surface area contributed by atoms with Gasteiger partial charge in [0.25, 0.3) is 0 Å². The number of nitrogen functional groups attached to an aromatic ring is 1. The van der Waals surface area contributed by atoms with E-state index in [-0.39, 0.29) is 6.10 Å². The van der Waals surface area contributed by atoms with Crippen LogP contribution in [0.25, 0.3) is 11.2 Å². The molecule has 0 saturated heterocycles. The Morgan fingerprint density at radius 2 is 2.35 bits per heavy atom. The molecule has 1 fully saturated rings. The van der Waals surface area contributed by atoms with Gasteiger partial charge in [0, 0.05) is 6.54 Å². The molecular formula is C11H13N5O. The van der Waals surface area contributed by atoms with Crippen molar-refractivity contribution < 1.29 is 5.11 Å². The minimum absolute atomic E-state index is 0.260. The Kier molecular flexibility index (Phi) is 2.29. The van der Waals surface area contributed by atoms with E-state index in [9.17, 15) is 5.11 Å². The van der Waals surface area contributed by atoms with Crippen LogP contribution >= 0.6 is 0 Å². The highest BCUT2D eigenvalue weighted by atomic mass is 16.3. The number of aromatic nitrogens is 4. The van der Waals surface area contributed by atoms with E-state index in [1.807, 2.05) is 10.6 Å². The molecule has 6 nitrogen and oxygen atoms in total. The summed E-state index contributed by atoms with van der Waals surface area (Å²) in [6, 6.07) is 0. The topological polar surface area (TPSA) is 89.9 Å². The van der Waals surface area contributed by atoms with Gasteiger partial charge in [0.2, 0.25) is 0 Å². The number of hydrogen-bond donors (Lipinski definition) is 2. The van der Waals surface area contributed by atoms with Gasteiger partial charge in [-0.1, -0.05) is 6.08 Å². The second-order valence-corrected chi connectivity index (χ2v) is 4.16. The third kappa shape index (κ3) is 1.66.